The summed E-state index contributed by atoms with van der Waals surface area (Å²) in [4.78, 5) is 26.0. The Morgan fingerprint density at radius 3 is 2.75 bits per heavy atom. The molecular weight excluding hydrogens is 352 g/mol. The van der Waals surface area contributed by atoms with E-state index in [9.17, 15) is 4.79 Å². The highest BCUT2D eigenvalue weighted by atomic mass is 16.5. The number of fused-ring (bicyclic) bond motifs is 2. The first kappa shape index (κ1) is 18.6. The van der Waals surface area contributed by atoms with Crippen molar-refractivity contribution in [2.45, 2.75) is 69.9 Å². The lowest BCUT2D eigenvalue weighted by molar-refractivity contribution is -0.143. The van der Waals surface area contributed by atoms with Gasteiger partial charge in [-0.25, -0.2) is 4.98 Å². The van der Waals surface area contributed by atoms with Gasteiger partial charge in [-0.05, 0) is 58.3 Å². The Labute approximate surface area is 168 Å². The number of aromatic amines is 1. The minimum Gasteiger partial charge on any atom is -0.376 e. The Kier molecular flexibility index (Phi) is 4.55. The van der Waals surface area contributed by atoms with Crippen molar-refractivity contribution in [2.24, 2.45) is 11.8 Å². The quantitative estimate of drug-likeness (QED) is 0.868. The molecule has 0 radical (unpaired) electrons. The highest BCUT2D eigenvalue weighted by Gasteiger charge is 2.51. The van der Waals surface area contributed by atoms with Crippen LogP contribution in [0.4, 0.5) is 0 Å². The molecule has 154 valence electrons. The van der Waals surface area contributed by atoms with Gasteiger partial charge in [0.05, 0.1) is 23.2 Å². The van der Waals surface area contributed by atoms with Gasteiger partial charge in [0.2, 0.25) is 5.91 Å². The van der Waals surface area contributed by atoms with E-state index in [2.05, 4.69) is 28.6 Å². The van der Waals surface area contributed by atoms with Gasteiger partial charge < -0.3 is 19.5 Å². The van der Waals surface area contributed by atoms with Crippen molar-refractivity contribution in [3.8, 4) is 0 Å². The monoisotopic (exact) mass is 386 g/mol. The third-order valence-corrected chi connectivity index (χ3v) is 7.45. The lowest BCUT2D eigenvalue weighted by atomic mass is 9.78. The summed E-state index contributed by atoms with van der Waals surface area (Å²) in [6.07, 6.45) is 9.22. The molecule has 0 aromatic carbocycles. The summed E-state index contributed by atoms with van der Waals surface area (Å²) < 4.78 is 5.90. The molecule has 1 atom stereocenters. The van der Waals surface area contributed by atoms with E-state index in [0.717, 1.165) is 77.0 Å². The molecule has 6 heteroatoms. The lowest BCUT2D eigenvalue weighted by Crippen LogP contribution is -2.59. The van der Waals surface area contributed by atoms with Crippen LogP contribution < -0.4 is 0 Å². The average Bonchev–Trinajstić information content (AvgIpc) is 3.40. The number of nitrogens with one attached hydrogen (secondary N) is 1. The van der Waals surface area contributed by atoms with Crippen LogP contribution in [0.1, 0.15) is 63.8 Å². The number of nitrogens with zero attached hydrogens (tertiary/aromatic N) is 3. The van der Waals surface area contributed by atoms with Gasteiger partial charge in [-0.2, -0.15) is 0 Å². The first-order valence-corrected chi connectivity index (χ1v) is 11.2. The molecule has 1 unspecified atom stereocenters. The standard InChI is InChI=1S/C22H34N4O2/c1-21(2)13-16(6-12-28-21)14-25-10-7-22(8-11-25)19-18(23-15-24-19)5-9-26(22)20(27)17-3-4-17/h15-17H,3-14H2,1-2H3,(H,23,24). The number of rotatable bonds is 3. The van der Waals surface area contributed by atoms with Gasteiger partial charge >= 0.3 is 0 Å². The molecule has 4 heterocycles. The van der Waals surface area contributed by atoms with Crippen LogP contribution in [0.25, 0.3) is 0 Å². The molecule has 1 spiro atoms. The molecule has 2 saturated heterocycles. The van der Waals surface area contributed by atoms with Crippen LogP contribution in [0.2, 0.25) is 0 Å². The molecule has 1 aromatic heterocycles. The summed E-state index contributed by atoms with van der Waals surface area (Å²) in [5.41, 5.74) is 2.23. The predicted molar refractivity (Wildman–Crippen MR) is 107 cm³/mol. The zero-order chi connectivity index (χ0) is 19.4. The van der Waals surface area contributed by atoms with E-state index in [1.807, 2.05) is 6.33 Å². The number of H-pyrrole nitrogens is 1. The molecule has 1 amide bonds. The maximum atomic E-state index is 13.1. The number of hydrogen-bond donors (Lipinski definition) is 1. The molecule has 3 fully saturated rings. The van der Waals surface area contributed by atoms with E-state index in [-0.39, 0.29) is 17.1 Å². The molecule has 28 heavy (non-hydrogen) atoms. The van der Waals surface area contributed by atoms with Gasteiger partial charge in [0.1, 0.15) is 0 Å². The maximum Gasteiger partial charge on any atom is 0.226 e. The van der Waals surface area contributed by atoms with Crippen LogP contribution in [0.5, 0.6) is 0 Å². The Bertz CT molecular complexity index is 731. The molecular formula is C22H34N4O2. The summed E-state index contributed by atoms with van der Waals surface area (Å²) >= 11 is 0. The Hall–Kier alpha value is -1.40. The van der Waals surface area contributed by atoms with Gasteiger partial charge in [0, 0.05) is 50.8 Å². The largest absolute Gasteiger partial charge is 0.376 e. The topological polar surface area (TPSA) is 61.5 Å². The van der Waals surface area contributed by atoms with E-state index in [4.69, 9.17) is 9.72 Å². The molecule has 6 nitrogen and oxygen atoms in total. The molecule has 0 bridgehead atoms. The first-order valence-electron chi connectivity index (χ1n) is 11.2. The fourth-order valence-electron chi connectivity index (χ4n) is 5.84. The van der Waals surface area contributed by atoms with E-state index < -0.39 is 0 Å². The number of amides is 1. The maximum absolute atomic E-state index is 13.1. The van der Waals surface area contributed by atoms with Crippen molar-refractivity contribution in [1.82, 2.24) is 19.8 Å². The number of ether oxygens (including phenoxy) is 1. The summed E-state index contributed by atoms with van der Waals surface area (Å²) in [5.74, 6) is 1.38. The molecule has 1 N–H and O–H groups in total. The molecule has 1 aliphatic carbocycles. The normalized spacial score (nSPS) is 29.6. The number of hydrogen-bond acceptors (Lipinski definition) is 4. The van der Waals surface area contributed by atoms with Crippen LogP contribution in [-0.2, 0) is 21.5 Å². The second-order valence-corrected chi connectivity index (χ2v) is 10.0. The van der Waals surface area contributed by atoms with Crippen LogP contribution >= 0.6 is 0 Å². The number of likely N-dealkylation sites (tertiary alicyclic amines) is 1. The van der Waals surface area contributed by atoms with Gasteiger partial charge in [-0.1, -0.05) is 0 Å². The zero-order valence-electron chi connectivity index (χ0n) is 17.4. The third kappa shape index (κ3) is 3.28. The highest BCUT2D eigenvalue weighted by molar-refractivity contribution is 5.82. The SMILES string of the molecule is CC1(C)CC(CN2CCC3(CC2)c2nc[nH]c2CCN3C(=O)C2CC2)CCO1. The summed E-state index contributed by atoms with van der Waals surface area (Å²) in [6.45, 7) is 9.43. The highest BCUT2D eigenvalue weighted by Crippen LogP contribution is 2.45. The number of carbonyl (C=O) groups excluding carboxylic acids is 1. The number of imidazole rings is 1. The van der Waals surface area contributed by atoms with E-state index in [1.54, 1.807) is 0 Å². The minimum absolute atomic E-state index is 0.0146. The van der Waals surface area contributed by atoms with E-state index in [1.165, 1.54) is 12.1 Å². The van der Waals surface area contributed by atoms with E-state index >= 15 is 0 Å². The zero-order valence-corrected chi connectivity index (χ0v) is 17.4. The third-order valence-electron chi connectivity index (χ3n) is 7.45. The minimum atomic E-state index is -0.182. The van der Waals surface area contributed by atoms with Crippen LogP contribution in [0.3, 0.4) is 0 Å². The van der Waals surface area contributed by atoms with Crippen molar-refractivity contribution < 1.29 is 9.53 Å². The molecule has 3 aliphatic heterocycles. The molecule has 5 rings (SSSR count). The van der Waals surface area contributed by atoms with Crippen molar-refractivity contribution in [2.75, 3.05) is 32.8 Å². The fourth-order valence-corrected chi connectivity index (χ4v) is 5.84. The van der Waals surface area contributed by atoms with Crippen LogP contribution in [0.15, 0.2) is 6.33 Å². The predicted octanol–water partition coefficient (Wildman–Crippen LogP) is 2.70. The summed E-state index contributed by atoms with van der Waals surface area (Å²) in [7, 11) is 0. The fraction of sp³-hybridized carbons (Fsp3) is 0.818. The van der Waals surface area contributed by atoms with Crippen molar-refractivity contribution in [3.05, 3.63) is 17.7 Å². The van der Waals surface area contributed by atoms with Crippen molar-refractivity contribution >= 4 is 5.91 Å². The molecule has 4 aliphatic rings. The second kappa shape index (κ2) is 6.84. The van der Waals surface area contributed by atoms with Gasteiger partial charge in [0.15, 0.2) is 0 Å². The summed E-state index contributed by atoms with van der Waals surface area (Å²) in [5, 5.41) is 0. The number of piperidine rings is 1. The lowest BCUT2D eigenvalue weighted by Gasteiger charge is -2.51. The Morgan fingerprint density at radius 1 is 1.25 bits per heavy atom. The Morgan fingerprint density at radius 2 is 2.04 bits per heavy atom. The van der Waals surface area contributed by atoms with E-state index in [0.29, 0.717) is 11.8 Å². The van der Waals surface area contributed by atoms with Gasteiger partial charge in [-0.15, -0.1) is 0 Å². The van der Waals surface area contributed by atoms with Crippen LogP contribution in [0, 0.1) is 11.8 Å². The average molecular weight is 387 g/mol. The number of aromatic nitrogens is 2. The van der Waals surface area contributed by atoms with Crippen molar-refractivity contribution in [3.63, 3.8) is 0 Å². The van der Waals surface area contributed by atoms with Crippen LogP contribution in [-0.4, -0.2) is 64.1 Å². The smallest absolute Gasteiger partial charge is 0.226 e. The Balaban J connectivity index is 1.31. The first-order chi connectivity index (χ1) is 13.5. The van der Waals surface area contributed by atoms with Gasteiger partial charge in [0.25, 0.3) is 0 Å². The summed E-state index contributed by atoms with van der Waals surface area (Å²) in [6, 6.07) is 0. The van der Waals surface area contributed by atoms with Crippen molar-refractivity contribution in [1.29, 1.82) is 0 Å². The van der Waals surface area contributed by atoms with Gasteiger partial charge in [-0.3, -0.25) is 4.79 Å². The number of carbonyl (C=O) groups is 1. The molecule has 1 aromatic rings. The second-order valence-electron chi connectivity index (χ2n) is 10.0. The molecule has 1 saturated carbocycles.